The van der Waals surface area contributed by atoms with Gasteiger partial charge in [-0.2, -0.15) is 0 Å². The van der Waals surface area contributed by atoms with Gasteiger partial charge in [-0.05, 0) is 24.3 Å². The molecule has 1 aliphatic rings. The molecular weight excluding hydrogens is 292 g/mol. The van der Waals surface area contributed by atoms with Crippen molar-refractivity contribution < 1.29 is 19.4 Å². The maximum atomic E-state index is 10.5. The van der Waals surface area contributed by atoms with Crippen LogP contribution >= 0.6 is 0 Å². The highest BCUT2D eigenvalue weighted by Crippen LogP contribution is 2.26. The van der Waals surface area contributed by atoms with Gasteiger partial charge in [-0.1, -0.05) is 49.6 Å². The molecule has 1 N–H and O–H groups in total. The van der Waals surface area contributed by atoms with E-state index in [9.17, 15) is 4.79 Å². The first-order valence-corrected chi connectivity index (χ1v) is 8.67. The zero-order chi connectivity index (χ0) is 16.3. The topological polar surface area (TPSA) is 55.8 Å². The fraction of sp³-hybridized carbons (Fsp3) is 0.632. The standard InChI is InChI=1S/C19H28O4/c20-19(21)11-7-2-1-6-10-17-13-23-15-18(17)14-22-12-16-8-4-3-5-9-16/h3-5,8-9,17-18H,1-2,6-7,10-15H2,(H,20,21). The fourth-order valence-electron chi connectivity index (χ4n) is 3.08. The molecule has 1 fully saturated rings. The summed E-state index contributed by atoms with van der Waals surface area (Å²) in [6.07, 6.45) is 5.52. The van der Waals surface area contributed by atoms with E-state index >= 15 is 0 Å². The van der Waals surface area contributed by atoms with E-state index in [1.807, 2.05) is 18.2 Å². The van der Waals surface area contributed by atoms with Crippen molar-refractivity contribution in [2.45, 2.75) is 45.1 Å². The molecular formula is C19H28O4. The average Bonchev–Trinajstić information content (AvgIpc) is 2.99. The summed E-state index contributed by atoms with van der Waals surface area (Å²) in [5.41, 5.74) is 1.21. The van der Waals surface area contributed by atoms with Crippen molar-refractivity contribution in [2.75, 3.05) is 19.8 Å². The highest BCUT2D eigenvalue weighted by atomic mass is 16.5. The van der Waals surface area contributed by atoms with Gasteiger partial charge >= 0.3 is 5.97 Å². The zero-order valence-corrected chi connectivity index (χ0v) is 13.8. The molecule has 2 unspecified atom stereocenters. The Morgan fingerprint density at radius 2 is 1.83 bits per heavy atom. The van der Waals surface area contributed by atoms with Gasteiger partial charge in [0.15, 0.2) is 0 Å². The van der Waals surface area contributed by atoms with Crippen LogP contribution in [0.25, 0.3) is 0 Å². The zero-order valence-electron chi connectivity index (χ0n) is 13.8. The van der Waals surface area contributed by atoms with E-state index in [4.69, 9.17) is 14.6 Å². The number of rotatable bonds is 11. The second kappa shape index (κ2) is 10.4. The van der Waals surface area contributed by atoms with Crippen LogP contribution in [-0.4, -0.2) is 30.9 Å². The Morgan fingerprint density at radius 1 is 1.09 bits per heavy atom. The van der Waals surface area contributed by atoms with Crippen molar-refractivity contribution in [3.05, 3.63) is 35.9 Å². The Morgan fingerprint density at radius 3 is 2.61 bits per heavy atom. The SMILES string of the molecule is O=C(O)CCCCCCC1COCC1COCc1ccccc1. The van der Waals surface area contributed by atoms with Crippen LogP contribution < -0.4 is 0 Å². The van der Waals surface area contributed by atoms with Gasteiger partial charge in [-0.15, -0.1) is 0 Å². The number of carboxylic acid groups (broad SMARTS) is 1. The van der Waals surface area contributed by atoms with Crippen molar-refractivity contribution in [3.8, 4) is 0 Å². The number of unbranched alkanes of at least 4 members (excludes halogenated alkanes) is 3. The number of benzene rings is 1. The van der Waals surface area contributed by atoms with Gasteiger partial charge in [0, 0.05) is 18.9 Å². The molecule has 1 aliphatic heterocycles. The first kappa shape index (κ1) is 18.0. The van der Waals surface area contributed by atoms with Gasteiger partial charge in [0.25, 0.3) is 0 Å². The lowest BCUT2D eigenvalue weighted by Gasteiger charge is -2.17. The molecule has 23 heavy (non-hydrogen) atoms. The van der Waals surface area contributed by atoms with Gasteiger partial charge in [-0.3, -0.25) is 4.79 Å². The first-order chi connectivity index (χ1) is 11.3. The third kappa shape index (κ3) is 7.14. The maximum absolute atomic E-state index is 10.5. The van der Waals surface area contributed by atoms with Crippen molar-refractivity contribution in [1.82, 2.24) is 0 Å². The maximum Gasteiger partial charge on any atom is 0.303 e. The van der Waals surface area contributed by atoms with Crippen molar-refractivity contribution in [2.24, 2.45) is 11.8 Å². The predicted molar refractivity (Wildman–Crippen MR) is 89.2 cm³/mol. The Bertz CT molecular complexity index is 446. The van der Waals surface area contributed by atoms with Crippen molar-refractivity contribution >= 4 is 5.97 Å². The summed E-state index contributed by atoms with van der Waals surface area (Å²) >= 11 is 0. The smallest absolute Gasteiger partial charge is 0.303 e. The summed E-state index contributed by atoms with van der Waals surface area (Å²) in [4.78, 5) is 10.5. The minimum atomic E-state index is -0.690. The Balaban J connectivity index is 1.56. The summed E-state index contributed by atoms with van der Waals surface area (Å²) in [7, 11) is 0. The van der Waals surface area contributed by atoms with Crippen molar-refractivity contribution in [1.29, 1.82) is 0 Å². The lowest BCUT2D eigenvalue weighted by molar-refractivity contribution is -0.137. The highest BCUT2D eigenvalue weighted by Gasteiger charge is 2.27. The molecule has 1 aromatic rings. The summed E-state index contributed by atoms with van der Waals surface area (Å²) < 4.78 is 11.5. The number of carboxylic acids is 1. The second-order valence-corrected chi connectivity index (χ2v) is 6.40. The highest BCUT2D eigenvalue weighted by molar-refractivity contribution is 5.66. The van der Waals surface area contributed by atoms with Gasteiger partial charge in [0.2, 0.25) is 0 Å². The van der Waals surface area contributed by atoms with Crippen LogP contribution in [-0.2, 0) is 20.9 Å². The number of hydrogen-bond donors (Lipinski definition) is 1. The Hall–Kier alpha value is -1.39. The third-order valence-electron chi connectivity index (χ3n) is 4.49. The molecule has 4 heteroatoms. The molecule has 2 atom stereocenters. The largest absolute Gasteiger partial charge is 0.481 e. The van der Waals surface area contributed by atoms with Crippen LogP contribution in [0.5, 0.6) is 0 Å². The summed E-state index contributed by atoms with van der Waals surface area (Å²) in [5, 5.41) is 8.61. The monoisotopic (exact) mass is 320 g/mol. The van der Waals surface area contributed by atoms with E-state index in [1.54, 1.807) is 0 Å². The molecule has 0 bridgehead atoms. The first-order valence-electron chi connectivity index (χ1n) is 8.67. The van der Waals surface area contributed by atoms with Gasteiger partial charge in [0.1, 0.15) is 0 Å². The number of aliphatic carboxylic acids is 1. The van der Waals surface area contributed by atoms with E-state index in [-0.39, 0.29) is 0 Å². The molecule has 1 saturated heterocycles. The fourth-order valence-corrected chi connectivity index (χ4v) is 3.08. The summed E-state index contributed by atoms with van der Waals surface area (Å²) in [5.74, 6) is 0.396. The van der Waals surface area contributed by atoms with E-state index in [1.165, 1.54) is 5.56 Å². The number of hydrogen-bond acceptors (Lipinski definition) is 3. The van der Waals surface area contributed by atoms with Crippen LogP contribution in [0, 0.1) is 11.8 Å². The lowest BCUT2D eigenvalue weighted by atomic mass is 9.91. The van der Waals surface area contributed by atoms with E-state index in [0.29, 0.717) is 24.9 Å². The van der Waals surface area contributed by atoms with Crippen LogP contribution in [0.1, 0.15) is 44.1 Å². The van der Waals surface area contributed by atoms with Crippen LogP contribution in [0.15, 0.2) is 30.3 Å². The third-order valence-corrected chi connectivity index (χ3v) is 4.49. The molecule has 0 saturated carbocycles. The van der Waals surface area contributed by atoms with Gasteiger partial charge < -0.3 is 14.6 Å². The molecule has 1 heterocycles. The van der Waals surface area contributed by atoms with Crippen molar-refractivity contribution in [3.63, 3.8) is 0 Å². The van der Waals surface area contributed by atoms with Crippen LogP contribution in [0.2, 0.25) is 0 Å². The summed E-state index contributed by atoms with van der Waals surface area (Å²) in [6.45, 7) is 3.07. The second-order valence-electron chi connectivity index (χ2n) is 6.40. The molecule has 1 aromatic carbocycles. The quantitative estimate of drug-likeness (QED) is 0.628. The molecule has 0 aromatic heterocycles. The molecule has 128 valence electrons. The van der Waals surface area contributed by atoms with Crippen LogP contribution in [0.4, 0.5) is 0 Å². The number of ether oxygens (including phenoxy) is 2. The minimum Gasteiger partial charge on any atom is -0.481 e. The predicted octanol–water partition coefficient (Wildman–Crippen LogP) is 3.89. The molecule has 0 amide bonds. The lowest BCUT2D eigenvalue weighted by Crippen LogP contribution is -2.18. The Labute approximate surface area is 138 Å². The molecule has 4 nitrogen and oxygen atoms in total. The molecule has 2 rings (SSSR count). The van der Waals surface area contributed by atoms with Gasteiger partial charge in [0.05, 0.1) is 19.8 Å². The average molecular weight is 320 g/mol. The molecule has 0 radical (unpaired) electrons. The van der Waals surface area contributed by atoms with E-state index in [2.05, 4.69) is 12.1 Å². The normalized spacial score (nSPS) is 20.7. The summed E-state index contributed by atoms with van der Waals surface area (Å²) in [6, 6.07) is 10.2. The molecule has 0 spiro atoms. The number of carbonyl (C=O) groups is 1. The molecule has 0 aliphatic carbocycles. The van der Waals surface area contributed by atoms with Crippen LogP contribution in [0.3, 0.4) is 0 Å². The Kier molecular flexibility index (Phi) is 8.12. The minimum absolute atomic E-state index is 0.294. The van der Waals surface area contributed by atoms with E-state index in [0.717, 1.165) is 51.9 Å². The van der Waals surface area contributed by atoms with E-state index < -0.39 is 5.97 Å². The van der Waals surface area contributed by atoms with Gasteiger partial charge in [-0.25, -0.2) is 0 Å².